The molecule has 1 unspecified atom stereocenters. The van der Waals surface area contributed by atoms with E-state index in [-0.39, 0.29) is 16.9 Å². The van der Waals surface area contributed by atoms with Gasteiger partial charge < -0.3 is 10.5 Å². The molecule has 0 aromatic heterocycles. The molecule has 0 fully saturated rings. The smallest absolute Gasteiger partial charge is 0.244 e. The van der Waals surface area contributed by atoms with E-state index in [1.54, 1.807) is 13.0 Å². The van der Waals surface area contributed by atoms with Crippen molar-refractivity contribution in [2.75, 3.05) is 13.1 Å². The first-order chi connectivity index (χ1) is 9.39. The van der Waals surface area contributed by atoms with Crippen LogP contribution in [0.15, 0.2) is 17.0 Å². The van der Waals surface area contributed by atoms with Crippen LogP contribution >= 0.6 is 0 Å². The van der Waals surface area contributed by atoms with Crippen LogP contribution < -0.4 is 15.2 Å². The summed E-state index contributed by atoms with van der Waals surface area (Å²) >= 11 is 0. The minimum Gasteiger partial charge on any atom is -0.487 e. The van der Waals surface area contributed by atoms with Gasteiger partial charge in [0.2, 0.25) is 10.0 Å². The third-order valence-corrected chi connectivity index (χ3v) is 4.99. The summed E-state index contributed by atoms with van der Waals surface area (Å²) in [5.74, 6) is 0.721. The summed E-state index contributed by atoms with van der Waals surface area (Å²) < 4.78 is 32.9. The molecule has 1 aromatic rings. The fraction of sp³-hybridized carbons (Fsp3) is 0.571. The highest BCUT2D eigenvalue weighted by atomic mass is 32.2. The fourth-order valence-corrected chi connectivity index (χ4v) is 3.60. The van der Waals surface area contributed by atoms with E-state index < -0.39 is 10.0 Å². The monoisotopic (exact) mass is 298 g/mol. The summed E-state index contributed by atoms with van der Waals surface area (Å²) in [5, 5.41) is 0. The molecule has 5 nitrogen and oxygen atoms in total. The van der Waals surface area contributed by atoms with Gasteiger partial charge >= 0.3 is 0 Å². The van der Waals surface area contributed by atoms with E-state index in [0.717, 1.165) is 11.1 Å². The van der Waals surface area contributed by atoms with Crippen molar-refractivity contribution in [2.45, 2.75) is 44.1 Å². The van der Waals surface area contributed by atoms with Gasteiger partial charge in [0.25, 0.3) is 0 Å². The standard InChI is InChI=1S/C14H22N2O3S/c1-4-16-20(17,18)13-7-10(9(2)3)5-11-6-12(8-15)19-14(11)13/h5,7,9,12,16H,4,6,8,15H2,1-3H3. The van der Waals surface area contributed by atoms with Gasteiger partial charge in [-0.05, 0) is 23.1 Å². The quantitative estimate of drug-likeness (QED) is 0.860. The number of fused-ring (bicyclic) bond motifs is 1. The van der Waals surface area contributed by atoms with Crippen LogP contribution in [0.5, 0.6) is 5.75 Å². The predicted molar refractivity (Wildman–Crippen MR) is 78.6 cm³/mol. The molecule has 0 bridgehead atoms. The molecule has 0 amide bonds. The molecule has 1 aliphatic rings. The van der Waals surface area contributed by atoms with E-state index in [1.807, 2.05) is 19.9 Å². The van der Waals surface area contributed by atoms with E-state index in [1.165, 1.54) is 0 Å². The third kappa shape index (κ3) is 2.82. The van der Waals surface area contributed by atoms with Crippen molar-refractivity contribution >= 4 is 10.0 Å². The van der Waals surface area contributed by atoms with Gasteiger partial charge in [-0.15, -0.1) is 0 Å². The Morgan fingerprint density at radius 1 is 1.45 bits per heavy atom. The molecule has 1 aromatic carbocycles. The van der Waals surface area contributed by atoms with E-state index in [9.17, 15) is 8.42 Å². The molecule has 20 heavy (non-hydrogen) atoms. The SMILES string of the molecule is CCNS(=O)(=O)c1cc(C(C)C)cc2c1OC(CN)C2. The van der Waals surface area contributed by atoms with Crippen LogP contribution in [0.3, 0.4) is 0 Å². The lowest BCUT2D eigenvalue weighted by Crippen LogP contribution is -2.26. The maximum Gasteiger partial charge on any atom is 0.244 e. The average Bonchev–Trinajstić information content (AvgIpc) is 2.79. The van der Waals surface area contributed by atoms with Gasteiger partial charge in [-0.3, -0.25) is 0 Å². The highest BCUT2D eigenvalue weighted by Gasteiger charge is 2.30. The normalized spacial score (nSPS) is 18.1. The second kappa shape index (κ2) is 5.71. The van der Waals surface area contributed by atoms with Gasteiger partial charge in [0.05, 0.1) is 0 Å². The molecular formula is C14H22N2O3S. The van der Waals surface area contributed by atoms with E-state index in [2.05, 4.69) is 4.72 Å². The molecule has 112 valence electrons. The predicted octanol–water partition coefficient (Wildman–Crippen LogP) is 1.37. The molecule has 0 saturated carbocycles. The molecule has 0 saturated heterocycles. The maximum atomic E-state index is 12.3. The Balaban J connectivity index is 2.56. The number of sulfonamides is 1. The van der Waals surface area contributed by atoms with Gasteiger partial charge in [-0.1, -0.05) is 26.8 Å². The Hall–Kier alpha value is -1.11. The van der Waals surface area contributed by atoms with Crippen LogP contribution in [0, 0.1) is 0 Å². The number of ether oxygens (including phenoxy) is 1. The Bertz CT molecular complexity index is 597. The molecule has 6 heteroatoms. The molecule has 1 aliphatic heterocycles. The van der Waals surface area contributed by atoms with Crippen molar-refractivity contribution in [1.29, 1.82) is 0 Å². The minimum absolute atomic E-state index is 0.136. The zero-order valence-corrected chi connectivity index (χ0v) is 13.0. The van der Waals surface area contributed by atoms with Gasteiger partial charge in [0.1, 0.15) is 16.7 Å². The Kier molecular flexibility index (Phi) is 4.36. The molecular weight excluding hydrogens is 276 g/mol. The highest BCUT2D eigenvalue weighted by Crippen LogP contribution is 2.37. The van der Waals surface area contributed by atoms with Crippen molar-refractivity contribution < 1.29 is 13.2 Å². The average molecular weight is 298 g/mol. The largest absolute Gasteiger partial charge is 0.487 e. The van der Waals surface area contributed by atoms with Crippen molar-refractivity contribution in [3.63, 3.8) is 0 Å². The van der Waals surface area contributed by atoms with Crippen LogP contribution in [0.1, 0.15) is 37.8 Å². The summed E-state index contributed by atoms with van der Waals surface area (Å²) in [7, 11) is -3.54. The van der Waals surface area contributed by atoms with Crippen LogP contribution in [-0.2, 0) is 16.4 Å². The van der Waals surface area contributed by atoms with Crippen LogP contribution in [-0.4, -0.2) is 27.6 Å². The summed E-state index contributed by atoms with van der Waals surface area (Å²) in [6.07, 6.45) is 0.532. The second-order valence-corrected chi connectivity index (χ2v) is 7.08. The van der Waals surface area contributed by atoms with Crippen LogP contribution in [0.2, 0.25) is 0 Å². The molecule has 0 radical (unpaired) electrons. The molecule has 2 rings (SSSR count). The number of rotatable bonds is 5. The van der Waals surface area contributed by atoms with Gasteiger partial charge in [0.15, 0.2) is 0 Å². The maximum absolute atomic E-state index is 12.3. The molecule has 1 heterocycles. The minimum atomic E-state index is -3.54. The third-order valence-electron chi connectivity index (χ3n) is 3.44. The lowest BCUT2D eigenvalue weighted by atomic mass is 9.99. The van der Waals surface area contributed by atoms with E-state index in [0.29, 0.717) is 25.3 Å². The van der Waals surface area contributed by atoms with Gasteiger partial charge in [-0.25, -0.2) is 13.1 Å². The Morgan fingerprint density at radius 3 is 2.70 bits per heavy atom. The van der Waals surface area contributed by atoms with Crippen molar-refractivity contribution in [3.05, 3.63) is 23.3 Å². The summed E-state index contributed by atoms with van der Waals surface area (Å²) in [5.41, 5.74) is 7.57. The van der Waals surface area contributed by atoms with Crippen molar-refractivity contribution in [1.82, 2.24) is 4.72 Å². The van der Waals surface area contributed by atoms with Crippen LogP contribution in [0.4, 0.5) is 0 Å². The Labute approximate surface area is 120 Å². The zero-order valence-electron chi connectivity index (χ0n) is 12.1. The first-order valence-electron chi connectivity index (χ1n) is 6.92. The molecule has 0 spiro atoms. The lowest BCUT2D eigenvalue weighted by Gasteiger charge is -2.14. The van der Waals surface area contributed by atoms with Gasteiger partial charge in [-0.2, -0.15) is 0 Å². The zero-order chi connectivity index (χ0) is 14.9. The number of nitrogens with one attached hydrogen (secondary N) is 1. The van der Waals surface area contributed by atoms with Crippen LogP contribution in [0.25, 0.3) is 0 Å². The first-order valence-corrected chi connectivity index (χ1v) is 8.40. The van der Waals surface area contributed by atoms with E-state index in [4.69, 9.17) is 10.5 Å². The number of nitrogens with two attached hydrogens (primary N) is 1. The first kappa shape index (κ1) is 15.3. The van der Waals surface area contributed by atoms with Gasteiger partial charge in [0, 0.05) is 19.5 Å². The summed E-state index contributed by atoms with van der Waals surface area (Å²) in [4.78, 5) is 0.233. The number of hydrogen-bond donors (Lipinski definition) is 2. The highest BCUT2D eigenvalue weighted by molar-refractivity contribution is 7.89. The summed E-state index contributed by atoms with van der Waals surface area (Å²) in [6, 6.07) is 3.74. The topological polar surface area (TPSA) is 81.4 Å². The van der Waals surface area contributed by atoms with Crippen molar-refractivity contribution in [3.8, 4) is 5.75 Å². The molecule has 1 atom stereocenters. The molecule has 0 aliphatic carbocycles. The summed E-state index contributed by atoms with van der Waals surface area (Å²) in [6.45, 7) is 6.58. The molecule has 3 N–H and O–H groups in total. The Morgan fingerprint density at radius 2 is 2.15 bits per heavy atom. The van der Waals surface area contributed by atoms with E-state index >= 15 is 0 Å². The fourth-order valence-electron chi connectivity index (χ4n) is 2.35. The second-order valence-electron chi connectivity index (χ2n) is 5.34. The number of hydrogen-bond acceptors (Lipinski definition) is 4. The number of benzene rings is 1. The van der Waals surface area contributed by atoms with Crippen molar-refractivity contribution in [2.24, 2.45) is 5.73 Å². The lowest BCUT2D eigenvalue weighted by molar-refractivity contribution is 0.236.